The van der Waals surface area contributed by atoms with Crippen molar-refractivity contribution in [3.05, 3.63) is 0 Å². The number of rotatable bonds is 2. The number of hydrogen-bond donors (Lipinski definition) is 2. The van der Waals surface area contributed by atoms with Crippen molar-refractivity contribution in [3.8, 4) is 0 Å². The number of nitrogens with one attached hydrogen (secondary N) is 2. The van der Waals surface area contributed by atoms with Crippen molar-refractivity contribution < 1.29 is 13.2 Å². The van der Waals surface area contributed by atoms with Gasteiger partial charge in [-0.05, 0) is 6.92 Å². The predicted octanol–water partition coefficient (Wildman–Crippen LogP) is -1.15. The van der Waals surface area contributed by atoms with Gasteiger partial charge in [-0.25, -0.2) is 23.6 Å². The Morgan fingerprint density at radius 3 is 2.77 bits per heavy atom. The van der Waals surface area contributed by atoms with Gasteiger partial charge < -0.3 is 0 Å². The fraction of sp³-hybridized carbons (Fsp3) is 0.600. The molecule has 1 rings (SSSR count). The smallest absolute Gasteiger partial charge is 0.245 e. The van der Waals surface area contributed by atoms with E-state index in [1.54, 1.807) is 6.92 Å². The highest BCUT2D eigenvalue weighted by Gasteiger charge is 2.21. The summed E-state index contributed by atoms with van der Waals surface area (Å²) in [7, 11) is -3.42. The Kier molecular flexibility index (Phi) is 2.52. The maximum absolute atomic E-state index is 11.0. The van der Waals surface area contributed by atoms with E-state index in [1.807, 2.05) is 0 Å². The molecule has 0 saturated heterocycles. The van der Waals surface area contributed by atoms with E-state index >= 15 is 0 Å². The normalized spacial score (nSPS) is 18.2. The molecule has 0 fully saturated rings. The Labute approximate surface area is 75.8 Å². The van der Waals surface area contributed by atoms with E-state index in [1.165, 1.54) is 0 Å². The lowest BCUT2D eigenvalue weighted by Gasteiger charge is -2.24. The van der Waals surface area contributed by atoms with Crippen LogP contribution in [0.4, 0.5) is 4.79 Å². The molecule has 74 valence electrons. The first kappa shape index (κ1) is 9.93. The lowest BCUT2D eigenvalue weighted by Crippen LogP contribution is -2.53. The number of hydrazine groups is 1. The summed E-state index contributed by atoms with van der Waals surface area (Å²) in [5.74, 6) is 0. The summed E-state index contributed by atoms with van der Waals surface area (Å²) < 4.78 is 21.6. The van der Waals surface area contributed by atoms with Gasteiger partial charge in [0.05, 0.1) is 18.5 Å². The van der Waals surface area contributed by atoms with Crippen molar-refractivity contribution in [2.24, 2.45) is 5.10 Å². The Balaban J connectivity index is 2.72. The van der Waals surface area contributed by atoms with Crippen LogP contribution >= 0.6 is 0 Å². The average Bonchev–Trinajstić information content (AvgIpc) is 1.94. The van der Waals surface area contributed by atoms with E-state index in [9.17, 15) is 13.2 Å². The highest BCUT2D eigenvalue weighted by Crippen LogP contribution is 1.94. The van der Waals surface area contributed by atoms with Gasteiger partial charge in [0.2, 0.25) is 10.0 Å². The fourth-order valence-corrected chi connectivity index (χ4v) is 1.36. The molecular formula is C5H10N4O3S. The fourth-order valence-electron chi connectivity index (χ4n) is 0.813. The van der Waals surface area contributed by atoms with Gasteiger partial charge in [0.1, 0.15) is 0 Å². The molecule has 2 amide bonds. The zero-order valence-corrected chi connectivity index (χ0v) is 8.05. The van der Waals surface area contributed by atoms with Crippen molar-refractivity contribution in [2.75, 3.05) is 12.8 Å². The first-order valence-corrected chi connectivity index (χ1v) is 5.36. The van der Waals surface area contributed by atoms with E-state index in [2.05, 4.69) is 15.4 Å². The summed E-state index contributed by atoms with van der Waals surface area (Å²) in [6.45, 7) is 1.83. The molecule has 0 aromatic carbocycles. The molecule has 7 nitrogen and oxygen atoms in total. The van der Waals surface area contributed by atoms with Gasteiger partial charge in [-0.3, -0.25) is 0 Å². The molecule has 0 unspecified atom stereocenters. The summed E-state index contributed by atoms with van der Waals surface area (Å²) >= 11 is 0. The first-order valence-electron chi connectivity index (χ1n) is 3.46. The van der Waals surface area contributed by atoms with E-state index in [4.69, 9.17) is 0 Å². The third kappa shape index (κ3) is 2.99. The van der Waals surface area contributed by atoms with Crippen molar-refractivity contribution in [2.45, 2.75) is 6.92 Å². The lowest BCUT2D eigenvalue weighted by atomic mass is 10.4. The number of carbonyl (C=O) groups excluding carboxylic acids is 1. The summed E-state index contributed by atoms with van der Waals surface area (Å²) in [4.78, 5) is 13.0. The monoisotopic (exact) mass is 206 g/mol. The number of amides is 2. The molecule has 8 heteroatoms. The minimum atomic E-state index is -3.42. The zero-order chi connectivity index (χ0) is 10.1. The minimum Gasteiger partial charge on any atom is -0.245 e. The quantitative estimate of drug-likeness (QED) is 0.597. The minimum absolute atomic E-state index is 0.152. The van der Waals surface area contributed by atoms with Gasteiger partial charge in [0.25, 0.3) is 0 Å². The Morgan fingerprint density at radius 1 is 1.62 bits per heavy atom. The van der Waals surface area contributed by atoms with E-state index < -0.39 is 16.1 Å². The van der Waals surface area contributed by atoms with Crippen LogP contribution in [0.25, 0.3) is 0 Å². The lowest BCUT2D eigenvalue weighted by molar-refractivity contribution is 0.193. The topological polar surface area (TPSA) is 90.9 Å². The van der Waals surface area contributed by atoms with E-state index in [-0.39, 0.29) is 6.54 Å². The van der Waals surface area contributed by atoms with Gasteiger partial charge in [-0.2, -0.15) is 5.10 Å². The van der Waals surface area contributed by atoms with Gasteiger partial charge in [-0.15, -0.1) is 4.83 Å². The summed E-state index contributed by atoms with van der Waals surface area (Å²) in [5.41, 5.74) is 2.77. The molecule has 1 aliphatic rings. The second-order valence-corrected chi connectivity index (χ2v) is 4.44. The van der Waals surface area contributed by atoms with Crippen molar-refractivity contribution >= 4 is 21.8 Å². The maximum atomic E-state index is 11.0. The number of hydrazone groups is 1. The second kappa shape index (κ2) is 3.30. The standard InChI is InChI=1S/C5H10N4O3S/c1-4-3-9(5(10)7-6-4)8-13(2,11)12/h8H,3H2,1-2H3,(H,7,10). The molecule has 0 aromatic rings. The zero-order valence-electron chi connectivity index (χ0n) is 7.23. The van der Waals surface area contributed by atoms with Crippen LogP contribution in [0.3, 0.4) is 0 Å². The molecule has 0 bridgehead atoms. The molecule has 13 heavy (non-hydrogen) atoms. The molecule has 0 spiro atoms. The largest absolute Gasteiger partial charge is 0.353 e. The molecule has 0 aliphatic carbocycles. The van der Waals surface area contributed by atoms with Crippen LogP contribution in [-0.4, -0.2) is 38.0 Å². The number of hydrogen-bond acceptors (Lipinski definition) is 4. The van der Waals surface area contributed by atoms with Crippen molar-refractivity contribution in [1.29, 1.82) is 0 Å². The number of urea groups is 1. The Morgan fingerprint density at radius 2 is 2.23 bits per heavy atom. The van der Waals surface area contributed by atoms with Crippen molar-refractivity contribution in [3.63, 3.8) is 0 Å². The Bertz CT molecular complexity index is 347. The predicted molar refractivity (Wildman–Crippen MR) is 46.3 cm³/mol. The van der Waals surface area contributed by atoms with Crippen LogP contribution in [-0.2, 0) is 10.0 Å². The second-order valence-electron chi connectivity index (χ2n) is 2.71. The molecule has 0 atom stereocenters. The van der Waals surface area contributed by atoms with Crippen LogP contribution in [0.2, 0.25) is 0 Å². The average molecular weight is 206 g/mol. The van der Waals surface area contributed by atoms with Gasteiger partial charge in [-0.1, -0.05) is 0 Å². The number of nitrogens with zero attached hydrogens (tertiary/aromatic N) is 2. The molecule has 1 aliphatic heterocycles. The van der Waals surface area contributed by atoms with Crippen LogP contribution in [0.15, 0.2) is 5.10 Å². The summed E-state index contributed by atoms with van der Waals surface area (Å²) in [6, 6.07) is -0.587. The summed E-state index contributed by atoms with van der Waals surface area (Å²) in [5, 5.41) is 4.57. The number of sulfonamides is 1. The highest BCUT2D eigenvalue weighted by atomic mass is 32.2. The molecule has 2 N–H and O–H groups in total. The molecule has 0 saturated carbocycles. The van der Waals surface area contributed by atoms with Crippen molar-refractivity contribution in [1.82, 2.24) is 15.3 Å². The third-order valence-electron chi connectivity index (χ3n) is 1.25. The third-order valence-corrected chi connectivity index (χ3v) is 1.80. The van der Waals surface area contributed by atoms with Gasteiger partial charge >= 0.3 is 6.03 Å². The van der Waals surface area contributed by atoms with Crippen LogP contribution in [0.5, 0.6) is 0 Å². The van der Waals surface area contributed by atoms with Crippen LogP contribution < -0.4 is 10.3 Å². The van der Waals surface area contributed by atoms with Crippen LogP contribution in [0.1, 0.15) is 6.92 Å². The molecule has 1 heterocycles. The SMILES string of the molecule is CC1=NNC(=O)N(NS(C)(=O)=O)C1. The number of carbonyl (C=O) groups is 1. The van der Waals surface area contributed by atoms with Gasteiger partial charge in [0, 0.05) is 0 Å². The van der Waals surface area contributed by atoms with E-state index in [0.717, 1.165) is 11.3 Å². The maximum Gasteiger partial charge on any atom is 0.353 e. The molecule has 0 aromatic heterocycles. The van der Waals surface area contributed by atoms with Gasteiger partial charge in [0.15, 0.2) is 0 Å². The van der Waals surface area contributed by atoms with E-state index in [0.29, 0.717) is 5.71 Å². The summed E-state index contributed by atoms with van der Waals surface area (Å²) in [6.07, 6.45) is 0.974. The van der Waals surface area contributed by atoms with Crippen LogP contribution in [0, 0.1) is 0 Å². The highest BCUT2D eigenvalue weighted by molar-refractivity contribution is 7.88. The Hall–Kier alpha value is -1.15. The molecular weight excluding hydrogens is 196 g/mol. The first-order chi connectivity index (χ1) is 5.88. The molecule has 0 radical (unpaired) electrons.